The molecule has 0 radical (unpaired) electrons. The highest BCUT2D eigenvalue weighted by molar-refractivity contribution is 5.99. The van der Waals surface area contributed by atoms with E-state index >= 15 is 0 Å². The number of likely N-dealkylation sites (tertiary alicyclic amines) is 1. The molecule has 0 N–H and O–H groups in total. The highest BCUT2D eigenvalue weighted by Crippen LogP contribution is 2.41. The highest BCUT2D eigenvalue weighted by Gasteiger charge is 2.47. The SMILES string of the molecule is Cc1cnc(C(=O)N2CCCC3(CCCN(c4ccccc4)C3=O)C2)cn1. The van der Waals surface area contributed by atoms with Crippen LogP contribution in [0.5, 0.6) is 0 Å². The summed E-state index contributed by atoms with van der Waals surface area (Å²) in [6, 6.07) is 9.82. The number of para-hydroxylation sites is 1. The molecular formula is C21H24N4O2. The summed E-state index contributed by atoms with van der Waals surface area (Å²) in [5.41, 5.74) is 1.58. The Bertz CT molecular complexity index is 833. The predicted molar refractivity (Wildman–Crippen MR) is 102 cm³/mol. The molecule has 2 aromatic rings. The van der Waals surface area contributed by atoms with Gasteiger partial charge in [-0.25, -0.2) is 4.98 Å². The van der Waals surface area contributed by atoms with E-state index in [0.29, 0.717) is 18.8 Å². The molecule has 2 aliphatic rings. The van der Waals surface area contributed by atoms with Gasteiger partial charge in [0.1, 0.15) is 5.69 Å². The molecule has 2 fully saturated rings. The molecule has 1 aromatic heterocycles. The largest absolute Gasteiger partial charge is 0.336 e. The summed E-state index contributed by atoms with van der Waals surface area (Å²) in [5.74, 6) is 0.0126. The van der Waals surface area contributed by atoms with Crippen LogP contribution >= 0.6 is 0 Å². The number of carbonyl (C=O) groups is 2. The van der Waals surface area contributed by atoms with E-state index in [0.717, 1.165) is 43.6 Å². The molecule has 2 saturated heterocycles. The molecule has 1 spiro atoms. The quantitative estimate of drug-likeness (QED) is 0.822. The van der Waals surface area contributed by atoms with Gasteiger partial charge in [-0.05, 0) is 44.7 Å². The molecule has 2 amide bonds. The van der Waals surface area contributed by atoms with Gasteiger partial charge in [-0.1, -0.05) is 18.2 Å². The molecule has 4 rings (SSSR count). The number of aromatic nitrogens is 2. The summed E-state index contributed by atoms with van der Waals surface area (Å²) >= 11 is 0. The first-order valence-electron chi connectivity index (χ1n) is 9.54. The van der Waals surface area contributed by atoms with E-state index in [1.165, 1.54) is 6.20 Å². The normalized spacial score (nSPS) is 22.9. The van der Waals surface area contributed by atoms with Crippen LogP contribution in [-0.4, -0.2) is 46.3 Å². The van der Waals surface area contributed by atoms with Gasteiger partial charge in [0, 0.05) is 31.5 Å². The zero-order chi connectivity index (χ0) is 18.9. The monoisotopic (exact) mass is 364 g/mol. The molecular weight excluding hydrogens is 340 g/mol. The third-order valence-electron chi connectivity index (χ3n) is 5.67. The fourth-order valence-corrected chi connectivity index (χ4v) is 4.27. The summed E-state index contributed by atoms with van der Waals surface area (Å²) in [6.45, 7) is 3.70. The van der Waals surface area contributed by atoms with Crippen LogP contribution in [-0.2, 0) is 4.79 Å². The highest BCUT2D eigenvalue weighted by atomic mass is 16.2. The third-order valence-corrected chi connectivity index (χ3v) is 5.67. The molecule has 6 heteroatoms. The lowest BCUT2D eigenvalue weighted by molar-refractivity contribution is -0.133. The fraction of sp³-hybridized carbons (Fsp3) is 0.429. The maximum Gasteiger partial charge on any atom is 0.274 e. The number of hydrogen-bond donors (Lipinski definition) is 0. The lowest BCUT2D eigenvalue weighted by atomic mass is 9.72. The van der Waals surface area contributed by atoms with E-state index in [1.807, 2.05) is 42.2 Å². The summed E-state index contributed by atoms with van der Waals surface area (Å²) in [5, 5.41) is 0. The van der Waals surface area contributed by atoms with E-state index in [-0.39, 0.29) is 11.8 Å². The van der Waals surface area contributed by atoms with Crippen LogP contribution in [0, 0.1) is 12.3 Å². The minimum Gasteiger partial charge on any atom is -0.336 e. The molecule has 2 aliphatic heterocycles. The number of piperidine rings is 2. The Morgan fingerprint density at radius 1 is 1.04 bits per heavy atom. The predicted octanol–water partition coefficient (Wildman–Crippen LogP) is 2.83. The van der Waals surface area contributed by atoms with Crippen LogP contribution in [0.15, 0.2) is 42.7 Å². The van der Waals surface area contributed by atoms with Gasteiger partial charge in [0.15, 0.2) is 0 Å². The van der Waals surface area contributed by atoms with Crippen molar-refractivity contribution in [2.45, 2.75) is 32.6 Å². The fourth-order valence-electron chi connectivity index (χ4n) is 4.27. The Balaban J connectivity index is 1.56. The van der Waals surface area contributed by atoms with Crippen molar-refractivity contribution >= 4 is 17.5 Å². The Morgan fingerprint density at radius 2 is 1.78 bits per heavy atom. The van der Waals surface area contributed by atoms with E-state index in [1.54, 1.807) is 11.1 Å². The van der Waals surface area contributed by atoms with Gasteiger partial charge in [0.25, 0.3) is 5.91 Å². The molecule has 1 unspecified atom stereocenters. The van der Waals surface area contributed by atoms with Crippen molar-refractivity contribution in [2.24, 2.45) is 5.41 Å². The average molecular weight is 364 g/mol. The zero-order valence-corrected chi connectivity index (χ0v) is 15.6. The number of amides is 2. The van der Waals surface area contributed by atoms with Crippen LogP contribution in [0.25, 0.3) is 0 Å². The van der Waals surface area contributed by atoms with Crippen LogP contribution in [0.3, 0.4) is 0 Å². The van der Waals surface area contributed by atoms with E-state index in [4.69, 9.17) is 0 Å². The van der Waals surface area contributed by atoms with Crippen molar-refractivity contribution < 1.29 is 9.59 Å². The summed E-state index contributed by atoms with van der Waals surface area (Å²) in [7, 11) is 0. The van der Waals surface area contributed by atoms with Crippen LogP contribution in [0.4, 0.5) is 5.69 Å². The van der Waals surface area contributed by atoms with Gasteiger partial charge in [-0.3, -0.25) is 14.6 Å². The Hall–Kier alpha value is -2.76. The van der Waals surface area contributed by atoms with Crippen molar-refractivity contribution in [1.82, 2.24) is 14.9 Å². The number of rotatable bonds is 2. The maximum atomic E-state index is 13.4. The maximum absolute atomic E-state index is 13.4. The van der Waals surface area contributed by atoms with Crippen molar-refractivity contribution in [3.8, 4) is 0 Å². The number of anilines is 1. The second-order valence-electron chi connectivity index (χ2n) is 7.55. The third kappa shape index (κ3) is 3.31. The number of carbonyl (C=O) groups excluding carboxylic acids is 2. The molecule has 27 heavy (non-hydrogen) atoms. The minimum absolute atomic E-state index is 0.133. The molecule has 1 atom stereocenters. The lowest BCUT2D eigenvalue weighted by Crippen LogP contribution is -2.57. The smallest absolute Gasteiger partial charge is 0.274 e. The summed E-state index contributed by atoms with van der Waals surface area (Å²) in [6.07, 6.45) is 6.58. The first-order valence-corrected chi connectivity index (χ1v) is 9.54. The number of hydrogen-bond acceptors (Lipinski definition) is 4. The van der Waals surface area contributed by atoms with Gasteiger partial charge in [0.05, 0.1) is 17.3 Å². The Labute approximate surface area is 159 Å². The second kappa shape index (κ2) is 7.10. The second-order valence-corrected chi connectivity index (χ2v) is 7.55. The van der Waals surface area contributed by atoms with Crippen LogP contribution in [0.2, 0.25) is 0 Å². The lowest BCUT2D eigenvalue weighted by Gasteiger charge is -2.47. The molecule has 140 valence electrons. The number of benzene rings is 1. The van der Waals surface area contributed by atoms with Crippen LogP contribution < -0.4 is 4.90 Å². The Kier molecular flexibility index (Phi) is 4.64. The van der Waals surface area contributed by atoms with Gasteiger partial charge in [-0.15, -0.1) is 0 Å². The van der Waals surface area contributed by atoms with Gasteiger partial charge >= 0.3 is 0 Å². The molecule has 6 nitrogen and oxygen atoms in total. The topological polar surface area (TPSA) is 66.4 Å². The van der Waals surface area contributed by atoms with E-state index in [9.17, 15) is 9.59 Å². The van der Waals surface area contributed by atoms with Crippen molar-refractivity contribution in [1.29, 1.82) is 0 Å². The van der Waals surface area contributed by atoms with E-state index < -0.39 is 5.41 Å². The van der Waals surface area contributed by atoms with Gasteiger partial charge in [-0.2, -0.15) is 0 Å². The number of aryl methyl sites for hydroxylation is 1. The molecule has 0 saturated carbocycles. The standard InChI is InChI=1S/C21H24N4O2/c1-16-13-23-18(14-22-16)19(26)24-11-5-9-21(15-24)10-6-12-25(20(21)27)17-7-3-2-4-8-17/h2-4,7-8,13-14H,5-6,9-12,15H2,1H3. The minimum atomic E-state index is -0.486. The average Bonchev–Trinajstić information content (AvgIpc) is 2.71. The van der Waals surface area contributed by atoms with Gasteiger partial charge in [0.2, 0.25) is 5.91 Å². The first-order chi connectivity index (χ1) is 13.1. The molecule has 3 heterocycles. The number of nitrogens with zero attached hydrogens (tertiary/aromatic N) is 4. The molecule has 0 bridgehead atoms. The van der Waals surface area contributed by atoms with Gasteiger partial charge < -0.3 is 9.80 Å². The molecule has 1 aromatic carbocycles. The Morgan fingerprint density at radius 3 is 2.48 bits per heavy atom. The summed E-state index contributed by atoms with van der Waals surface area (Å²) < 4.78 is 0. The van der Waals surface area contributed by atoms with E-state index in [2.05, 4.69) is 9.97 Å². The first kappa shape index (κ1) is 17.6. The van der Waals surface area contributed by atoms with Crippen LogP contribution in [0.1, 0.15) is 41.9 Å². The van der Waals surface area contributed by atoms with Crippen molar-refractivity contribution in [3.63, 3.8) is 0 Å². The van der Waals surface area contributed by atoms with Crippen molar-refractivity contribution in [3.05, 3.63) is 54.1 Å². The van der Waals surface area contributed by atoms with Crippen molar-refractivity contribution in [2.75, 3.05) is 24.5 Å². The zero-order valence-electron chi connectivity index (χ0n) is 15.6. The summed E-state index contributed by atoms with van der Waals surface area (Å²) in [4.78, 5) is 38.4. The molecule has 0 aliphatic carbocycles.